The number of phenolic OH excluding ortho intramolecular Hbond substituents is 2. The molecule has 2 aliphatic carbocycles. The number of aromatic hydroxyl groups is 2. The van der Waals surface area contributed by atoms with E-state index in [0.717, 1.165) is 54.2 Å². The second kappa shape index (κ2) is 23.3. The summed E-state index contributed by atoms with van der Waals surface area (Å²) in [5.74, 6) is 1.63. The van der Waals surface area contributed by atoms with Crippen LogP contribution in [-0.2, 0) is 22.4 Å². The van der Waals surface area contributed by atoms with Gasteiger partial charge in [0.15, 0.2) is 0 Å². The molecule has 0 radical (unpaired) electrons. The number of carboxylic acids is 1. The van der Waals surface area contributed by atoms with E-state index in [9.17, 15) is 14.7 Å². The molecule has 2 heterocycles. The van der Waals surface area contributed by atoms with Gasteiger partial charge in [0.05, 0.1) is 6.42 Å². The van der Waals surface area contributed by atoms with Crippen LogP contribution in [-0.4, -0.2) is 110 Å². The first kappa shape index (κ1) is 44.7. The van der Waals surface area contributed by atoms with Gasteiger partial charge in [-0.3, -0.25) is 9.59 Å². The fourth-order valence-corrected chi connectivity index (χ4v) is 6.69. The maximum atomic E-state index is 12.6. The maximum absolute atomic E-state index is 12.6. The first-order valence-corrected chi connectivity index (χ1v) is 20.0. The highest BCUT2D eigenvalue weighted by Gasteiger charge is 2.29. The van der Waals surface area contributed by atoms with Crippen LogP contribution in [0.3, 0.4) is 0 Å². The number of hydrogen-bond donors (Lipinski definition) is 5. The van der Waals surface area contributed by atoms with E-state index in [1.165, 1.54) is 43.9 Å². The van der Waals surface area contributed by atoms with E-state index in [-0.39, 0.29) is 36.0 Å². The van der Waals surface area contributed by atoms with Gasteiger partial charge < -0.3 is 36.2 Å². The Morgan fingerprint density at radius 2 is 1.09 bits per heavy atom. The summed E-state index contributed by atoms with van der Waals surface area (Å²) in [7, 11) is 8.10. The molecular weight excluding hydrogens is 721 g/mol. The predicted octanol–water partition coefficient (Wildman–Crippen LogP) is 5.40. The van der Waals surface area contributed by atoms with Gasteiger partial charge in [-0.25, -0.2) is 19.9 Å². The number of aliphatic carboxylic acids is 1. The van der Waals surface area contributed by atoms with Crippen molar-refractivity contribution in [1.29, 1.82) is 0 Å². The topological polar surface area (TPSA) is 191 Å². The van der Waals surface area contributed by atoms with Crippen LogP contribution >= 0.6 is 0 Å². The fraction of sp³-hybridized carbons (Fsp3) is 0.500. The van der Waals surface area contributed by atoms with Gasteiger partial charge in [-0.15, -0.1) is 0 Å². The van der Waals surface area contributed by atoms with Crippen LogP contribution in [0.2, 0.25) is 0 Å². The highest BCUT2D eigenvalue weighted by Crippen LogP contribution is 2.40. The predicted molar refractivity (Wildman–Crippen MR) is 222 cm³/mol. The minimum atomic E-state index is -0.746. The molecule has 0 unspecified atom stereocenters. The first-order valence-electron chi connectivity index (χ1n) is 20.0. The highest BCUT2D eigenvalue weighted by atomic mass is 16.4. The number of nitrogens with one attached hydrogen (secondary N) is 1. The van der Waals surface area contributed by atoms with Crippen LogP contribution in [0.5, 0.6) is 11.5 Å². The molecule has 2 aromatic heterocycles. The van der Waals surface area contributed by atoms with Gasteiger partial charge >= 0.3 is 5.97 Å². The first-order chi connectivity index (χ1) is 27.4. The molecule has 2 aromatic carbocycles. The largest absolute Gasteiger partial charge is 0.508 e. The van der Waals surface area contributed by atoms with E-state index in [4.69, 9.17) is 15.9 Å². The monoisotopic (exact) mass is 782 g/mol. The molecule has 308 valence electrons. The van der Waals surface area contributed by atoms with Crippen LogP contribution < -0.4 is 11.1 Å². The summed E-state index contributed by atoms with van der Waals surface area (Å²) in [6.45, 7) is 1.24. The van der Waals surface area contributed by atoms with Crippen molar-refractivity contribution < 1.29 is 24.9 Å². The normalized spacial score (nSPS) is 15.6. The Morgan fingerprint density at radius 3 is 1.46 bits per heavy atom. The van der Waals surface area contributed by atoms with Gasteiger partial charge in [0, 0.05) is 56.4 Å². The molecule has 2 fully saturated rings. The van der Waals surface area contributed by atoms with Gasteiger partial charge in [-0.1, -0.05) is 49.9 Å². The molecule has 13 nitrogen and oxygen atoms in total. The number of rotatable bonds is 19. The van der Waals surface area contributed by atoms with Crippen LogP contribution in [0.15, 0.2) is 86.0 Å². The molecule has 6 N–H and O–H groups in total. The third kappa shape index (κ3) is 17.4. The van der Waals surface area contributed by atoms with Crippen molar-refractivity contribution in [3.05, 3.63) is 108 Å². The highest BCUT2D eigenvalue weighted by molar-refractivity contribution is 5.77. The lowest BCUT2D eigenvalue weighted by Gasteiger charge is -2.25. The lowest BCUT2D eigenvalue weighted by atomic mass is 9.92. The number of nitrogens with zero attached hydrogens (tertiary/aromatic N) is 6. The molecule has 2 aliphatic rings. The summed E-state index contributed by atoms with van der Waals surface area (Å²) < 4.78 is 0. The van der Waals surface area contributed by atoms with E-state index in [1.807, 2.05) is 64.8 Å². The zero-order valence-corrected chi connectivity index (χ0v) is 34.0. The van der Waals surface area contributed by atoms with Crippen molar-refractivity contribution in [3.8, 4) is 11.5 Å². The zero-order chi connectivity index (χ0) is 41.2. The van der Waals surface area contributed by atoms with E-state index < -0.39 is 5.97 Å². The third-order valence-corrected chi connectivity index (χ3v) is 10.7. The molecule has 1 amide bonds. The quantitative estimate of drug-likeness (QED) is 0.0815. The van der Waals surface area contributed by atoms with E-state index >= 15 is 0 Å². The molecule has 4 aromatic rings. The molecule has 0 bridgehead atoms. The second-order valence-corrected chi connectivity index (χ2v) is 15.9. The molecule has 0 saturated heterocycles. The van der Waals surface area contributed by atoms with Crippen molar-refractivity contribution in [2.24, 2.45) is 17.6 Å². The Labute approximate surface area is 337 Å². The Bertz CT molecular complexity index is 1740. The second-order valence-electron chi connectivity index (χ2n) is 15.9. The minimum absolute atomic E-state index is 0.0760. The standard InChI is InChI=1S/C22H30N4O2.C11H14N2O2.C11H18N2O/c1-26(2)20(10-17-5-7-21(27)8-6-17)14-25-22(28)11-18(9-16-3-4-16)19-12-23-15-24-13-19;14-11(15)4-9(3-8-1-2-8)10-5-12-7-13-6-10;1-13(2)10(8-12)7-9-3-5-11(14)6-4-9/h5-8,12-13,15-16,18,20,27H,3-4,9-11,14H2,1-2H3,(H,25,28);5-9H,1-4H2,(H,14,15);3-6,10,14H,7-8,12H2,1-2H3/t18-,20+;9-;10-/m110/s1. The van der Waals surface area contributed by atoms with E-state index in [1.54, 1.807) is 36.7 Å². The summed E-state index contributed by atoms with van der Waals surface area (Å²) >= 11 is 0. The fourth-order valence-electron chi connectivity index (χ4n) is 6.69. The summed E-state index contributed by atoms with van der Waals surface area (Å²) in [4.78, 5) is 43.8. The van der Waals surface area contributed by atoms with Crippen LogP contribution in [0.4, 0.5) is 0 Å². The van der Waals surface area contributed by atoms with Crippen molar-refractivity contribution in [3.63, 3.8) is 0 Å². The number of hydrogen-bond acceptors (Lipinski definition) is 11. The van der Waals surface area contributed by atoms with Crippen LogP contribution in [0.1, 0.15) is 85.5 Å². The number of amides is 1. The number of benzene rings is 2. The molecule has 6 rings (SSSR count). The third-order valence-electron chi connectivity index (χ3n) is 10.7. The Morgan fingerprint density at radius 1 is 0.684 bits per heavy atom. The molecule has 57 heavy (non-hydrogen) atoms. The SMILES string of the molecule is CN(C)[C@H](CN)Cc1ccc(O)cc1.CN(C)[C@H](CNC(=O)C[C@@H](CC1CC1)c1cncnc1)Cc1ccc(O)cc1.O=C(O)C[C@@H](CC1CC1)c1cncnc1. The number of phenols is 2. The van der Waals surface area contributed by atoms with Crippen molar-refractivity contribution in [2.45, 2.75) is 88.1 Å². The molecule has 4 atom stereocenters. The number of aromatic nitrogens is 4. The molecule has 13 heteroatoms. The lowest BCUT2D eigenvalue weighted by molar-refractivity contribution is -0.137. The number of carboxylic acid groups (broad SMARTS) is 1. The van der Waals surface area contributed by atoms with Crippen molar-refractivity contribution in [2.75, 3.05) is 41.3 Å². The van der Waals surface area contributed by atoms with Crippen molar-refractivity contribution >= 4 is 11.9 Å². The molecular formula is C44H62N8O5. The number of carbonyl (C=O) groups is 2. The maximum Gasteiger partial charge on any atom is 0.303 e. The number of nitrogens with two attached hydrogens (primary N) is 1. The Kier molecular flexibility index (Phi) is 18.3. The molecule has 0 aliphatic heterocycles. The number of likely N-dealkylation sites (N-methyl/N-ethyl adjacent to an activating group) is 2. The van der Waals surface area contributed by atoms with Gasteiger partial charge in [0.1, 0.15) is 24.2 Å². The number of carbonyl (C=O) groups excluding carboxylic acids is 1. The molecule has 0 spiro atoms. The summed E-state index contributed by atoms with van der Waals surface area (Å²) in [6, 6.07) is 15.1. The summed E-state index contributed by atoms with van der Waals surface area (Å²) in [5, 5.41) is 30.5. The van der Waals surface area contributed by atoms with Crippen molar-refractivity contribution in [1.82, 2.24) is 35.1 Å². The Hall–Kier alpha value is -4.98. The zero-order valence-electron chi connectivity index (χ0n) is 34.0. The van der Waals surface area contributed by atoms with Gasteiger partial charge in [-0.05, 0) is 124 Å². The average Bonchev–Trinajstić information content (AvgIpc) is 4.15. The van der Waals surface area contributed by atoms with Crippen LogP contribution in [0, 0.1) is 11.8 Å². The smallest absolute Gasteiger partial charge is 0.303 e. The van der Waals surface area contributed by atoms with Gasteiger partial charge in [0.25, 0.3) is 0 Å². The summed E-state index contributed by atoms with van der Waals surface area (Å²) in [6.07, 6.45) is 19.5. The summed E-state index contributed by atoms with van der Waals surface area (Å²) in [5.41, 5.74) is 10.0. The lowest BCUT2D eigenvalue weighted by Crippen LogP contribution is -2.41. The molecule has 2 saturated carbocycles. The van der Waals surface area contributed by atoms with E-state index in [0.29, 0.717) is 31.3 Å². The van der Waals surface area contributed by atoms with E-state index in [2.05, 4.69) is 35.1 Å². The van der Waals surface area contributed by atoms with Crippen LogP contribution in [0.25, 0.3) is 0 Å². The Balaban J connectivity index is 0.000000209. The minimum Gasteiger partial charge on any atom is -0.508 e. The van der Waals surface area contributed by atoms with Gasteiger partial charge in [-0.2, -0.15) is 0 Å². The average molecular weight is 783 g/mol. The van der Waals surface area contributed by atoms with Gasteiger partial charge in [0.2, 0.25) is 5.91 Å².